The van der Waals surface area contributed by atoms with Crippen molar-refractivity contribution in [2.24, 2.45) is 0 Å². The van der Waals surface area contributed by atoms with E-state index in [-0.39, 0.29) is 0 Å². The first-order chi connectivity index (χ1) is 8.60. The van der Waals surface area contributed by atoms with Crippen LogP contribution in [0.15, 0.2) is 28.9 Å². The Balaban J connectivity index is 2.46. The molecule has 4 heteroatoms. The topological polar surface area (TPSA) is 25.8 Å². The fourth-order valence-electron chi connectivity index (χ4n) is 1.70. The van der Waals surface area contributed by atoms with E-state index < -0.39 is 0 Å². The molecular weight excluding hydrogens is 312 g/mol. The standard InChI is InChI=1S/C14H14BrClN2/c1-3-4-14-17-12(8-13(15)18-14)10-6-5-9(2)11(16)7-10/h5-8H,3-4H2,1-2H3. The highest BCUT2D eigenvalue weighted by atomic mass is 79.9. The molecule has 0 radical (unpaired) electrons. The van der Waals surface area contributed by atoms with E-state index in [1.54, 1.807) is 0 Å². The van der Waals surface area contributed by atoms with Gasteiger partial charge in [-0.05, 0) is 47.0 Å². The van der Waals surface area contributed by atoms with Crippen molar-refractivity contribution >= 4 is 27.5 Å². The maximum atomic E-state index is 6.15. The predicted octanol–water partition coefficient (Wildman–Crippen LogP) is 4.82. The number of benzene rings is 1. The highest BCUT2D eigenvalue weighted by molar-refractivity contribution is 9.10. The molecule has 0 aliphatic carbocycles. The summed E-state index contributed by atoms with van der Waals surface area (Å²) in [5.41, 5.74) is 3.00. The molecule has 0 N–H and O–H groups in total. The van der Waals surface area contributed by atoms with E-state index in [1.807, 2.05) is 31.2 Å². The van der Waals surface area contributed by atoms with Crippen molar-refractivity contribution in [1.82, 2.24) is 9.97 Å². The Hall–Kier alpha value is -0.930. The van der Waals surface area contributed by atoms with Crippen LogP contribution in [0.1, 0.15) is 24.7 Å². The molecule has 94 valence electrons. The van der Waals surface area contributed by atoms with E-state index in [1.165, 1.54) is 0 Å². The Morgan fingerprint density at radius 3 is 2.67 bits per heavy atom. The van der Waals surface area contributed by atoms with Crippen molar-refractivity contribution < 1.29 is 0 Å². The Morgan fingerprint density at radius 1 is 1.22 bits per heavy atom. The van der Waals surface area contributed by atoms with Gasteiger partial charge in [0.15, 0.2) is 0 Å². The van der Waals surface area contributed by atoms with Crippen LogP contribution in [0.4, 0.5) is 0 Å². The first-order valence-corrected chi connectivity index (χ1v) is 7.07. The van der Waals surface area contributed by atoms with Crippen LogP contribution in [-0.2, 0) is 6.42 Å². The molecule has 0 amide bonds. The van der Waals surface area contributed by atoms with Crippen LogP contribution in [0.25, 0.3) is 11.3 Å². The molecule has 1 aromatic heterocycles. The zero-order chi connectivity index (χ0) is 13.1. The normalized spacial score (nSPS) is 10.7. The molecule has 1 aromatic carbocycles. The molecule has 0 aliphatic heterocycles. The lowest BCUT2D eigenvalue weighted by Crippen LogP contribution is -1.97. The molecule has 0 unspecified atom stereocenters. The fourth-order valence-corrected chi connectivity index (χ4v) is 2.30. The van der Waals surface area contributed by atoms with Crippen molar-refractivity contribution in [2.45, 2.75) is 26.7 Å². The van der Waals surface area contributed by atoms with E-state index >= 15 is 0 Å². The van der Waals surface area contributed by atoms with E-state index in [2.05, 4.69) is 32.8 Å². The van der Waals surface area contributed by atoms with Crippen molar-refractivity contribution in [2.75, 3.05) is 0 Å². The van der Waals surface area contributed by atoms with Gasteiger partial charge in [-0.3, -0.25) is 0 Å². The molecule has 0 bridgehead atoms. The molecule has 2 aromatic rings. The van der Waals surface area contributed by atoms with Crippen molar-refractivity contribution in [3.8, 4) is 11.3 Å². The number of aryl methyl sites for hydroxylation is 2. The molecule has 0 atom stereocenters. The average molecular weight is 326 g/mol. The van der Waals surface area contributed by atoms with Gasteiger partial charge in [-0.1, -0.05) is 30.7 Å². The highest BCUT2D eigenvalue weighted by Gasteiger charge is 2.06. The summed E-state index contributed by atoms with van der Waals surface area (Å²) in [6.07, 6.45) is 1.91. The number of hydrogen-bond donors (Lipinski definition) is 0. The molecule has 2 rings (SSSR count). The van der Waals surface area contributed by atoms with Gasteiger partial charge in [-0.15, -0.1) is 0 Å². The minimum atomic E-state index is 0.763. The third-order valence-corrected chi connectivity index (χ3v) is 3.50. The van der Waals surface area contributed by atoms with Gasteiger partial charge in [0.25, 0.3) is 0 Å². The Kier molecular flexibility index (Phi) is 4.36. The van der Waals surface area contributed by atoms with Crippen molar-refractivity contribution in [3.63, 3.8) is 0 Å². The van der Waals surface area contributed by atoms with Gasteiger partial charge < -0.3 is 0 Å². The lowest BCUT2D eigenvalue weighted by atomic mass is 10.1. The third kappa shape index (κ3) is 3.09. The Bertz CT molecular complexity index is 570. The fraction of sp³-hybridized carbons (Fsp3) is 0.286. The molecule has 0 spiro atoms. The minimum absolute atomic E-state index is 0.763. The van der Waals surface area contributed by atoms with Gasteiger partial charge in [-0.2, -0.15) is 0 Å². The molecule has 0 saturated heterocycles. The number of halogens is 2. The summed E-state index contributed by atoms with van der Waals surface area (Å²) >= 11 is 9.58. The highest BCUT2D eigenvalue weighted by Crippen LogP contribution is 2.25. The largest absolute Gasteiger partial charge is 0.233 e. The summed E-state index contributed by atoms with van der Waals surface area (Å²) < 4.78 is 0.813. The number of aromatic nitrogens is 2. The smallest absolute Gasteiger partial charge is 0.130 e. The summed E-state index contributed by atoms with van der Waals surface area (Å²) in [5.74, 6) is 0.860. The van der Waals surface area contributed by atoms with E-state index in [0.29, 0.717) is 0 Å². The lowest BCUT2D eigenvalue weighted by molar-refractivity contribution is 0.831. The summed E-state index contributed by atoms with van der Waals surface area (Å²) in [5, 5.41) is 0.763. The van der Waals surface area contributed by atoms with Crippen molar-refractivity contribution in [3.05, 3.63) is 45.3 Å². The van der Waals surface area contributed by atoms with Gasteiger partial charge in [0.2, 0.25) is 0 Å². The number of nitrogens with zero attached hydrogens (tertiary/aromatic N) is 2. The van der Waals surface area contributed by atoms with Gasteiger partial charge in [0, 0.05) is 17.0 Å². The summed E-state index contributed by atoms with van der Waals surface area (Å²) in [4.78, 5) is 8.93. The third-order valence-electron chi connectivity index (χ3n) is 2.68. The molecular formula is C14H14BrClN2. The zero-order valence-electron chi connectivity index (χ0n) is 10.4. The van der Waals surface area contributed by atoms with Gasteiger partial charge in [0.1, 0.15) is 10.4 Å². The average Bonchev–Trinajstić information content (AvgIpc) is 2.32. The first kappa shape index (κ1) is 13.5. The van der Waals surface area contributed by atoms with Crippen LogP contribution in [0.2, 0.25) is 5.02 Å². The molecule has 0 saturated carbocycles. The first-order valence-electron chi connectivity index (χ1n) is 5.90. The van der Waals surface area contributed by atoms with Crippen LogP contribution in [0, 0.1) is 6.92 Å². The van der Waals surface area contributed by atoms with Crippen LogP contribution in [-0.4, -0.2) is 9.97 Å². The molecule has 18 heavy (non-hydrogen) atoms. The molecule has 0 aliphatic rings. The second kappa shape index (κ2) is 5.81. The second-order valence-electron chi connectivity index (χ2n) is 4.21. The van der Waals surface area contributed by atoms with Crippen LogP contribution in [0.3, 0.4) is 0 Å². The summed E-state index contributed by atoms with van der Waals surface area (Å²) in [6, 6.07) is 7.90. The molecule has 0 fully saturated rings. The monoisotopic (exact) mass is 324 g/mol. The molecule has 2 nitrogen and oxygen atoms in total. The summed E-state index contributed by atoms with van der Waals surface area (Å²) in [6.45, 7) is 4.11. The van der Waals surface area contributed by atoms with Crippen LogP contribution in [0.5, 0.6) is 0 Å². The Labute approximate surface area is 121 Å². The maximum Gasteiger partial charge on any atom is 0.130 e. The predicted molar refractivity (Wildman–Crippen MR) is 78.9 cm³/mol. The van der Waals surface area contributed by atoms with Crippen molar-refractivity contribution in [1.29, 1.82) is 0 Å². The van der Waals surface area contributed by atoms with Gasteiger partial charge in [0.05, 0.1) is 5.69 Å². The Morgan fingerprint density at radius 2 is 2.00 bits per heavy atom. The quantitative estimate of drug-likeness (QED) is 0.756. The van der Waals surface area contributed by atoms with Gasteiger partial charge in [-0.25, -0.2) is 9.97 Å². The maximum absolute atomic E-state index is 6.15. The van der Waals surface area contributed by atoms with E-state index in [4.69, 9.17) is 11.6 Å². The summed E-state index contributed by atoms with van der Waals surface area (Å²) in [7, 11) is 0. The van der Waals surface area contributed by atoms with Gasteiger partial charge >= 0.3 is 0 Å². The minimum Gasteiger partial charge on any atom is -0.233 e. The van der Waals surface area contributed by atoms with E-state index in [0.717, 1.165) is 45.1 Å². The number of rotatable bonds is 3. The molecule has 1 heterocycles. The lowest BCUT2D eigenvalue weighted by Gasteiger charge is -2.06. The SMILES string of the molecule is CCCc1nc(Br)cc(-c2ccc(C)c(Cl)c2)n1. The number of hydrogen-bond acceptors (Lipinski definition) is 2. The zero-order valence-corrected chi connectivity index (χ0v) is 12.7. The van der Waals surface area contributed by atoms with E-state index in [9.17, 15) is 0 Å². The second-order valence-corrected chi connectivity index (χ2v) is 5.43. The van der Waals surface area contributed by atoms with Crippen LogP contribution < -0.4 is 0 Å². The van der Waals surface area contributed by atoms with Crippen LogP contribution >= 0.6 is 27.5 Å².